The summed E-state index contributed by atoms with van der Waals surface area (Å²) in [6.45, 7) is 7.78. The molecule has 0 aliphatic carbocycles. The van der Waals surface area contributed by atoms with Crippen molar-refractivity contribution in [2.75, 3.05) is 48.8 Å². The Kier molecular flexibility index (Phi) is 6.60. The predicted octanol–water partition coefficient (Wildman–Crippen LogP) is 5.71. The topological polar surface area (TPSA) is 73.4 Å². The molecule has 35 heavy (non-hydrogen) atoms. The second-order valence-electron chi connectivity index (χ2n) is 8.82. The van der Waals surface area contributed by atoms with Gasteiger partial charge >= 0.3 is 0 Å². The SMILES string of the molecule is Cc1nc(Nc2ccc3sc(C(=O)Nc4c(C)cccc4Cl)cc3c2)cc(N2CCN(C)CC2)n1. The zero-order valence-electron chi connectivity index (χ0n) is 19.9. The van der Waals surface area contributed by atoms with Gasteiger partial charge in [-0.1, -0.05) is 23.7 Å². The Balaban J connectivity index is 1.35. The third-order valence-corrected chi connectivity index (χ3v) is 7.55. The maximum absolute atomic E-state index is 12.9. The highest BCUT2D eigenvalue weighted by Crippen LogP contribution is 2.31. The van der Waals surface area contributed by atoms with Gasteiger partial charge in [-0.3, -0.25) is 4.79 Å². The highest BCUT2D eigenvalue weighted by atomic mass is 35.5. The largest absolute Gasteiger partial charge is 0.354 e. The molecule has 0 spiro atoms. The third kappa shape index (κ3) is 5.24. The van der Waals surface area contributed by atoms with Crippen molar-refractivity contribution in [2.45, 2.75) is 13.8 Å². The van der Waals surface area contributed by atoms with Gasteiger partial charge in [0.25, 0.3) is 5.91 Å². The molecular weight excluding hydrogens is 480 g/mol. The molecule has 2 aromatic carbocycles. The summed E-state index contributed by atoms with van der Waals surface area (Å²) in [5.74, 6) is 2.27. The Bertz CT molecular complexity index is 1380. The number of likely N-dealkylation sites (N-methyl/N-ethyl adjacent to an activating group) is 1. The Morgan fingerprint density at radius 3 is 2.60 bits per heavy atom. The minimum Gasteiger partial charge on any atom is -0.354 e. The molecule has 180 valence electrons. The van der Waals surface area contributed by atoms with Crippen molar-refractivity contribution in [3.8, 4) is 0 Å². The molecule has 2 aromatic heterocycles. The number of carbonyl (C=O) groups excluding carboxylic acids is 1. The molecule has 7 nitrogen and oxygen atoms in total. The minimum absolute atomic E-state index is 0.167. The van der Waals surface area contributed by atoms with Crippen LogP contribution in [0.4, 0.5) is 23.0 Å². The van der Waals surface area contributed by atoms with Crippen LogP contribution in [0.25, 0.3) is 10.1 Å². The quantitative estimate of drug-likeness (QED) is 0.361. The lowest BCUT2D eigenvalue weighted by Gasteiger charge is -2.33. The number of hydrogen-bond donors (Lipinski definition) is 2. The lowest BCUT2D eigenvalue weighted by molar-refractivity contribution is 0.103. The summed E-state index contributed by atoms with van der Waals surface area (Å²) in [5, 5.41) is 7.89. The number of halogens is 1. The van der Waals surface area contributed by atoms with Crippen LogP contribution < -0.4 is 15.5 Å². The van der Waals surface area contributed by atoms with Gasteiger partial charge in [0.2, 0.25) is 0 Å². The molecule has 1 aliphatic heterocycles. The third-order valence-electron chi connectivity index (χ3n) is 6.12. The van der Waals surface area contributed by atoms with Gasteiger partial charge in [0.1, 0.15) is 17.5 Å². The van der Waals surface area contributed by atoms with Gasteiger partial charge in [0, 0.05) is 42.6 Å². The van der Waals surface area contributed by atoms with E-state index in [9.17, 15) is 4.79 Å². The average molecular weight is 507 g/mol. The number of rotatable bonds is 5. The lowest BCUT2D eigenvalue weighted by atomic mass is 10.2. The van der Waals surface area contributed by atoms with Crippen molar-refractivity contribution in [2.24, 2.45) is 0 Å². The zero-order chi connectivity index (χ0) is 24.5. The van der Waals surface area contributed by atoms with Crippen LogP contribution in [-0.2, 0) is 0 Å². The van der Waals surface area contributed by atoms with Gasteiger partial charge < -0.3 is 20.4 Å². The molecule has 1 saturated heterocycles. The van der Waals surface area contributed by atoms with Crippen molar-refractivity contribution in [1.82, 2.24) is 14.9 Å². The summed E-state index contributed by atoms with van der Waals surface area (Å²) in [6.07, 6.45) is 0. The smallest absolute Gasteiger partial charge is 0.265 e. The maximum atomic E-state index is 12.9. The van der Waals surface area contributed by atoms with E-state index in [1.165, 1.54) is 11.3 Å². The van der Waals surface area contributed by atoms with Crippen LogP contribution in [0.15, 0.2) is 48.5 Å². The van der Waals surface area contributed by atoms with Gasteiger partial charge in [-0.25, -0.2) is 9.97 Å². The fraction of sp³-hybridized carbons (Fsp3) is 0.269. The van der Waals surface area contributed by atoms with Crippen LogP contribution in [0.1, 0.15) is 21.1 Å². The molecule has 1 amide bonds. The molecular formula is C26H27ClN6OS. The summed E-state index contributed by atoms with van der Waals surface area (Å²) in [5.41, 5.74) is 2.48. The lowest BCUT2D eigenvalue weighted by Crippen LogP contribution is -2.44. The first-order valence-corrected chi connectivity index (χ1v) is 12.7. The second-order valence-corrected chi connectivity index (χ2v) is 10.3. The standard InChI is InChI=1S/C26H27ClN6OS/c1-16-5-4-6-20(27)25(16)31-26(34)22-14-18-13-19(7-8-21(18)35-22)30-23-15-24(29-17(2)28-23)33-11-9-32(3)10-12-33/h4-8,13-15H,9-12H2,1-3H3,(H,31,34)(H,28,29,30). The fourth-order valence-corrected chi connectivity index (χ4v) is 5.37. The Hall–Kier alpha value is -3.20. The molecule has 0 unspecified atom stereocenters. The second kappa shape index (κ2) is 9.81. The van der Waals surface area contributed by atoms with Crippen molar-refractivity contribution in [3.05, 3.63) is 69.8 Å². The Labute approximate surface area is 213 Å². The molecule has 0 radical (unpaired) electrons. The summed E-state index contributed by atoms with van der Waals surface area (Å²) in [4.78, 5) is 27.4. The number of nitrogens with zero attached hydrogens (tertiary/aromatic N) is 4. The number of carbonyl (C=O) groups is 1. The van der Waals surface area contributed by atoms with Crippen LogP contribution in [0.2, 0.25) is 5.02 Å². The number of thiophene rings is 1. The first-order chi connectivity index (χ1) is 16.9. The van der Waals surface area contributed by atoms with Gasteiger partial charge in [-0.15, -0.1) is 11.3 Å². The van der Waals surface area contributed by atoms with Crippen molar-refractivity contribution in [3.63, 3.8) is 0 Å². The molecule has 0 saturated carbocycles. The highest BCUT2D eigenvalue weighted by molar-refractivity contribution is 7.20. The molecule has 1 aliphatic rings. The van der Waals surface area contributed by atoms with Crippen LogP contribution in [-0.4, -0.2) is 54.0 Å². The van der Waals surface area contributed by atoms with Crippen molar-refractivity contribution >= 4 is 61.9 Å². The predicted molar refractivity (Wildman–Crippen MR) is 146 cm³/mol. The number of nitrogens with one attached hydrogen (secondary N) is 2. The monoisotopic (exact) mass is 506 g/mol. The normalized spacial score (nSPS) is 14.3. The summed E-state index contributed by atoms with van der Waals surface area (Å²) < 4.78 is 1.04. The molecule has 5 rings (SSSR count). The fourth-order valence-electron chi connectivity index (χ4n) is 4.16. The van der Waals surface area contributed by atoms with E-state index < -0.39 is 0 Å². The number of aryl methyl sites for hydroxylation is 2. The maximum Gasteiger partial charge on any atom is 0.265 e. The Morgan fingerprint density at radius 2 is 1.83 bits per heavy atom. The molecule has 3 heterocycles. The number of amides is 1. The van der Waals surface area contributed by atoms with E-state index in [0.29, 0.717) is 15.6 Å². The van der Waals surface area contributed by atoms with E-state index in [2.05, 4.69) is 37.4 Å². The zero-order valence-corrected chi connectivity index (χ0v) is 21.5. The van der Waals surface area contributed by atoms with E-state index >= 15 is 0 Å². The van der Waals surface area contributed by atoms with E-state index in [1.807, 2.05) is 56.3 Å². The summed E-state index contributed by atoms with van der Waals surface area (Å²) >= 11 is 7.74. The van der Waals surface area contributed by atoms with Gasteiger partial charge in [-0.2, -0.15) is 0 Å². The van der Waals surface area contributed by atoms with Gasteiger partial charge in [0.15, 0.2) is 0 Å². The molecule has 9 heteroatoms. The van der Waals surface area contributed by atoms with E-state index in [1.54, 1.807) is 6.07 Å². The summed E-state index contributed by atoms with van der Waals surface area (Å²) in [7, 11) is 2.14. The number of aromatic nitrogens is 2. The summed E-state index contributed by atoms with van der Waals surface area (Å²) in [6, 6.07) is 15.5. The number of fused-ring (bicyclic) bond motifs is 1. The number of benzene rings is 2. The molecule has 4 aromatic rings. The minimum atomic E-state index is -0.167. The van der Waals surface area contributed by atoms with Crippen molar-refractivity contribution < 1.29 is 4.79 Å². The van der Waals surface area contributed by atoms with E-state index in [4.69, 9.17) is 11.6 Å². The first-order valence-electron chi connectivity index (χ1n) is 11.5. The highest BCUT2D eigenvalue weighted by Gasteiger charge is 2.17. The van der Waals surface area contributed by atoms with Crippen molar-refractivity contribution in [1.29, 1.82) is 0 Å². The molecule has 1 fully saturated rings. The molecule has 2 N–H and O–H groups in total. The van der Waals surface area contributed by atoms with Crippen LogP contribution in [0.3, 0.4) is 0 Å². The average Bonchev–Trinajstić information content (AvgIpc) is 3.25. The Morgan fingerprint density at radius 1 is 1.03 bits per heavy atom. The van der Waals surface area contributed by atoms with Crippen LogP contribution >= 0.6 is 22.9 Å². The number of hydrogen-bond acceptors (Lipinski definition) is 7. The first kappa shape index (κ1) is 23.5. The molecule has 0 atom stereocenters. The van der Waals surface area contributed by atoms with Gasteiger partial charge in [-0.05, 0) is 62.2 Å². The molecule has 0 bridgehead atoms. The number of anilines is 4. The van der Waals surface area contributed by atoms with Gasteiger partial charge in [0.05, 0.1) is 15.6 Å². The number of piperazine rings is 1. The van der Waals surface area contributed by atoms with E-state index in [0.717, 1.165) is 65.0 Å². The number of para-hydroxylation sites is 1. The van der Waals surface area contributed by atoms with E-state index in [-0.39, 0.29) is 5.91 Å². The van der Waals surface area contributed by atoms with Crippen LogP contribution in [0.5, 0.6) is 0 Å². The van der Waals surface area contributed by atoms with Crippen LogP contribution in [0, 0.1) is 13.8 Å².